The molecule has 0 saturated carbocycles. The van der Waals surface area contributed by atoms with Crippen LogP contribution >= 0.6 is 15.9 Å². The van der Waals surface area contributed by atoms with Crippen molar-refractivity contribution in [1.29, 1.82) is 0 Å². The number of carbonyl (C=O) groups excluding carboxylic acids is 1. The highest BCUT2D eigenvalue weighted by molar-refractivity contribution is 9.10. The van der Waals surface area contributed by atoms with Gasteiger partial charge in [-0.05, 0) is 17.7 Å². The number of hydrogen-bond donors (Lipinski definition) is 1. The van der Waals surface area contributed by atoms with Crippen molar-refractivity contribution >= 4 is 21.9 Å². The first-order valence-corrected chi connectivity index (χ1v) is 6.92. The molecule has 0 spiro atoms. The van der Waals surface area contributed by atoms with Crippen molar-refractivity contribution in [2.75, 3.05) is 20.3 Å². The van der Waals surface area contributed by atoms with E-state index in [1.54, 1.807) is 6.20 Å². The Hall–Kier alpha value is -1.66. The highest BCUT2D eigenvalue weighted by atomic mass is 79.9. The number of esters is 1. The molecule has 0 unspecified atom stereocenters. The van der Waals surface area contributed by atoms with E-state index < -0.39 is 5.41 Å². The van der Waals surface area contributed by atoms with Crippen LogP contribution in [0, 0.1) is 0 Å². The molecule has 0 amide bonds. The molecule has 0 atom stereocenters. The van der Waals surface area contributed by atoms with Crippen LogP contribution in [-0.4, -0.2) is 36.3 Å². The Bertz CT molecular complexity index is 632. The summed E-state index contributed by atoms with van der Waals surface area (Å²) in [6, 6.07) is 7.86. The fraction of sp³-hybridized carbons (Fsp3) is 0.286. The summed E-state index contributed by atoms with van der Waals surface area (Å²) in [4.78, 5) is 19.5. The van der Waals surface area contributed by atoms with Crippen molar-refractivity contribution in [2.24, 2.45) is 0 Å². The minimum Gasteiger partial charge on any atom is -0.468 e. The molecule has 1 aliphatic rings. The van der Waals surface area contributed by atoms with Gasteiger partial charge in [-0.15, -0.1) is 0 Å². The normalized spacial score (nSPS) is 16.5. The van der Waals surface area contributed by atoms with Gasteiger partial charge >= 0.3 is 5.97 Å². The van der Waals surface area contributed by atoms with Gasteiger partial charge in [0.25, 0.3) is 0 Å². The monoisotopic (exact) mass is 336 g/mol. The van der Waals surface area contributed by atoms with Crippen LogP contribution in [0.1, 0.15) is 5.82 Å². The van der Waals surface area contributed by atoms with Crippen molar-refractivity contribution in [2.45, 2.75) is 5.41 Å². The van der Waals surface area contributed by atoms with Gasteiger partial charge in [0.2, 0.25) is 0 Å². The first kappa shape index (κ1) is 13.3. The van der Waals surface area contributed by atoms with Crippen LogP contribution in [0.25, 0.3) is 11.3 Å². The van der Waals surface area contributed by atoms with Gasteiger partial charge < -0.3 is 14.5 Å². The van der Waals surface area contributed by atoms with Gasteiger partial charge in [-0.3, -0.25) is 4.79 Å². The van der Waals surface area contributed by atoms with Crippen LogP contribution < -0.4 is 0 Å². The van der Waals surface area contributed by atoms with Gasteiger partial charge in [-0.1, -0.05) is 28.1 Å². The van der Waals surface area contributed by atoms with E-state index in [2.05, 4.69) is 25.9 Å². The maximum Gasteiger partial charge on any atom is 0.324 e. The maximum absolute atomic E-state index is 11.9. The zero-order valence-corrected chi connectivity index (χ0v) is 12.4. The standard InChI is InChI=1S/C14H13BrN2O3/c1-19-13(18)14(7-20-8-14)12-16-6-11(17-12)9-2-4-10(15)5-3-9/h2-6H,7-8H2,1H3,(H,16,17). The molecule has 2 aromatic rings. The summed E-state index contributed by atoms with van der Waals surface area (Å²) < 4.78 is 11.1. The smallest absolute Gasteiger partial charge is 0.324 e. The fourth-order valence-electron chi connectivity index (χ4n) is 2.19. The molecular weight excluding hydrogens is 324 g/mol. The second-order valence-corrected chi connectivity index (χ2v) is 5.63. The van der Waals surface area contributed by atoms with Crippen LogP contribution in [0.2, 0.25) is 0 Å². The van der Waals surface area contributed by atoms with Crippen LogP contribution in [-0.2, 0) is 19.7 Å². The van der Waals surface area contributed by atoms with Crippen LogP contribution in [0.5, 0.6) is 0 Å². The SMILES string of the molecule is COC(=O)C1(c2ncc(-c3ccc(Br)cc3)[nH]2)COC1. The summed E-state index contributed by atoms with van der Waals surface area (Å²) in [5.41, 5.74) is 1.08. The van der Waals surface area contributed by atoms with E-state index in [-0.39, 0.29) is 5.97 Å². The molecule has 1 fully saturated rings. The topological polar surface area (TPSA) is 64.2 Å². The second-order valence-electron chi connectivity index (χ2n) is 4.72. The highest BCUT2D eigenvalue weighted by Crippen LogP contribution is 2.33. The number of halogens is 1. The number of ether oxygens (including phenoxy) is 2. The number of hydrogen-bond acceptors (Lipinski definition) is 4. The van der Waals surface area contributed by atoms with Gasteiger partial charge in [0.05, 0.1) is 32.2 Å². The number of imidazole rings is 1. The third-order valence-electron chi connectivity index (χ3n) is 3.46. The number of rotatable bonds is 3. The summed E-state index contributed by atoms with van der Waals surface area (Å²) >= 11 is 3.40. The average molecular weight is 337 g/mol. The van der Waals surface area contributed by atoms with Gasteiger partial charge in [-0.25, -0.2) is 4.98 Å². The summed E-state index contributed by atoms with van der Waals surface area (Å²) in [5.74, 6) is 0.272. The van der Waals surface area contributed by atoms with E-state index in [0.29, 0.717) is 19.0 Å². The molecule has 3 rings (SSSR count). The highest BCUT2D eigenvalue weighted by Gasteiger charge is 2.51. The number of benzene rings is 1. The number of carbonyl (C=O) groups is 1. The molecule has 0 bridgehead atoms. The minimum absolute atomic E-state index is 0.299. The number of H-pyrrole nitrogens is 1. The van der Waals surface area contributed by atoms with Crippen LogP contribution in [0.3, 0.4) is 0 Å². The molecule has 1 aromatic carbocycles. The molecule has 1 N–H and O–H groups in total. The zero-order valence-electron chi connectivity index (χ0n) is 10.9. The third kappa shape index (κ3) is 2.05. The average Bonchev–Trinajstić information content (AvgIpc) is 2.88. The summed E-state index contributed by atoms with van der Waals surface area (Å²) in [6.07, 6.45) is 1.72. The lowest BCUT2D eigenvalue weighted by atomic mass is 9.85. The first-order valence-electron chi connectivity index (χ1n) is 6.13. The molecule has 0 aliphatic carbocycles. The molecule has 0 radical (unpaired) electrons. The molecular formula is C14H13BrN2O3. The number of nitrogens with one attached hydrogen (secondary N) is 1. The van der Waals surface area contributed by atoms with Gasteiger partial charge in [-0.2, -0.15) is 0 Å². The third-order valence-corrected chi connectivity index (χ3v) is 3.99. The Balaban J connectivity index is 1.94. The number of nitrogens with zero attached hydrogens (tertiary/aromatic N) is 1. The van der Waals surface area contributed by atoms with Gasteiger partial charge in [0, 0.05) is 4.47 Å². The molecule has 2 heterocycles. The zero-order chi connectivity index (χ0) is 14.2. The van der Waals surface area contributed by atoms with Gasteiger partial charge in [0.1, 0.15) is 5.82 Å². The number of aromatic nitrogens is 2. The van der Waals surface area contributed by atoms with Crippen molar-refractivity contribution in [1.82, 2.24) is 9.97 Å². The quantitative estimate of drug-likeness (QED) is 0.873. The van der Waals surface area contributed by atoms with Gasteiger partial charge in [0.15, 0.2) is 5.41 Å². The van der Waals surface area contributed by atoms with E-state index in [1.807, 2.05) is 24.3 Å². The molecule has 6 heteroatoms. The second kappa shape index (κ2) is 5.03. The summed E-state index contributed by atoms with van der Waals surface area (Å²) in [7, 11) is 1.38. The molecule has 20 heavy (non-hydrogen) atoms. The van der Waals surface area contributed by atoms with Crippen LogP contribution in [0.4, 0.5) is 0 Å². The fourth-order valence-corrected chi connectivity index (χ4v) is 2.46. The van der Waals surface area contributed by atoms with Crippen molar-refractivity contribution < 1.29 is 14.3 Å². The lowest BCUT2D eigenvalue weighted by Gasteiger charge is -2.36. The Morgan fingerprint density at radius 1 is 1.40 bits per heavy atom. The Kier molecular flexibility index (Phi) is 3.35. The van der Waals surface area contributed by atoms with E-state index in [1.165, 1.54) is 7.11 Å². The van der Waals surface area contributed by atoms with Crippen molar-refractivity contribution in [3.05, 3.63) is 40.8 Å². The molecule has 1 saturated heterocycles. The van der Waals surface area contributed by atoms with E-state index in [4.69, 9.17) is 9.47 Å². The number of methoxy groups -OCH3 is 1. The lowest BCUT2D eigenvalue weighted by molar-refractivity contribution is -0.167. The maximum atomic E-state index is 11.9. The molecule has 1 aliphatic heterocycles. The predicted octanol–water partition coefficient (Wildman–Crippen LogP) is 2.28. The first-order chi connectivity index (χ1) is 9.65. The van der Waals surface area contributed by atoms with Crippen molar-refractivity contribution in [3.63, 3.8) is 0 Å². The van der Waals surface area contributed by atoms with E-state index >= 15 is 0 Å². The summed E-state index contributed by atoms with van der Waals surface area (Å²) in [5, 5.41) is 0. The van der Waals surface area contributed by atoms with E-state index in [9.17, 15) is 4.79 Å². The molecule has 104 valence electrons. The lowest BCUT2D eigenvalue weighted by Crippen LogP contribution is -2.54. The minimum atomic E-state index is -0.789. The van der Waals surface area contributed by atoms with Crippen molar-refractivity contribution in [3.8, 4) is 11.3 Å². The summed E-state index contributed by atoms with van der Waals surface area (Å²) in [6.45, 7) is 0.597. The predicted molar refractivity (Wildman–Crippen MR) is 76.2 cm³/mol. The molecule has 1 aromatic heterocycles. The Morgan fingerprint density at radius 2 is 2.10 bits per heavy atom. The van der Waals surface area contributed by atoms with E-state index in [0.717, 1.165) is 15.7 Å². The van der Waals surface area contributed by atoms with Crippen LogP contribution in [0.15, 0.2) is 34.9 Å². The largest absolute Gasteiger partial charge is 0.468 e. The Morgan fingerprint density at radius 3 is 2.65 bits per heavy atom. The number of aromatic amines is 1. The Labute approximate surface area is 124 Å². The molecule has 5 nitrogen and oxygen atoms in total.